The van der Waals surface area contributed by atoms with Crippen molar-refractivity contribution in [2.45, 2.75) is 38.8 Å². The molecule has 1 aromatic carbocycles. The summed E-state index contributed by atoms with van der Waals surface area (Å²) in [5.41, 5.74) is 3.24. The molecule has 0 aliphatic carbocycles. The smallest absolute Gasteiger partial charge is 0.0769 e. The van der Waals surface area contributed by atoms with Crippen molar-refractivity contribution in [3.8, 4) is 0 Å². The molecule has 0 nitrogen and oxygen atoms in total. The Hall–Kier alpha value is -0.715. The lowest BCUT2D eigenvalue weighted by molar-refractivity contribution is 0.886. The predicted octanol–water partition coefficient (Wildman–Crippen LogP) is 2.74. The van der Waals surface area contributed by atoms with Gasteiger partial charge >= 0.3 is 0 Å². The standard InChI is InChI=1S/C12H17B/c1-2-9-13-10-5-7-11-6-3-4-8-12(11)13/h3-4,6,8H,2,5,7,9-10H2,1H3. The summed E-state index contributed by atoms with van der Waals surface area (Å²) < 4.78 is 0. The number of hydrogen-bond acceptors (Lipinski definition) is 0. The van der Waals surface area contributed by atoms with Crippen LogP contribution in [0.5, 0.6) is 0 Å². The van der Waals surface area contributed by atoms with Crippen molar-refractivity contribution in [1.29, 1.82) is 0 Å². The first-order valence-electron chi connectivity index (χ1n) is 5.49. The lowest BCUT2D eigenvalue weighted by atomic mass is 9.37. The average Bonchev–Trinajstić information content (AvgIpc) is 2.19. The van der Waals surface area contributed by atoms with Crippen LogP contribution in [0.3, 0.4) is 0 Å². The van der Waals surface area contributed by atoms with E-state index in [4.69, 9.17) is 0 Å². The summed E-state index contributed by atoms with van der Waals surface area (Å²) in [6, 6.07) is 8.99. The maximum Gasteiger partial charge on any atom is 0.176 e. The Morgan fingerprint density at radius 1 is 1.31 bits per heavy atom. The van der Waals surface area contributed by atoms with Crippen molar-refractivity contribution < 1.29 is 0 Å². The van der Waals surface area contributed by atoms with Crippen molar-refractivity contribution in [3.05, 3.63) is 29.8 Å². The molecule has 0 atom stereocenters. The molecule has 1 heteroatoms. The third kappa shape index (κ3) is 1.79. The van der Waals surface area contributed by atoms with E-state index in [1.165, 1.54) is 31.9 Å². The first kappa shape index (κ1) is 8.86. The highest BCUT2D eigenvalue weighted by atomic mass is 14.1. The summed E-state index contributed by atoms with van der Waals surface area (Å²) in [6.07, 6.45) is 6.79. The van der Waals surface area contributed by atoms with E-state index in [2.05, 4.69) is 31.2 Å². The molecule has 0 unspecified atom stereocenters. The maximum absolute atomic E-state index is 2.33. The number of fused-ring (bicyclic) bond motifs is 1. The van der Waals surface area contributed by atoms with Gasteiger partial charge in [0.05, 0.1) is 0 Å². The molecule has 0 aromatic heterocycles. The summed E-state index contributed by atoms with van der Waals surface area (Å²) in [6.45, 7) is 3.15. The summed E-state index contributed by atoms with van der Waals surface area (Å²) in [4.78, 5) is 0. The Bertz CT molecular complexity index is 280. The second-order valence-corrected chi connectivity index (χ2v) is 4.08. The van der Waals surface area contributed by atoms with Gasteiger partial charge in [-0.1, -0.05) is 67.7 Å². The Morgan fingerprint density at radius 3 is 3.00 bits per heavy atom. The van der Waals surface area contributed by atoms with Crippen LogP contribution >= 0.6 is 0 Å². The molecule has 0 fully saturated rings. The zero-order valence-corrected chi connectivity index (χ0v) is 8.42. The molecule has 1 heterocycles. The number of hydrogen-bond donors (Lipinski definition) is 0. The van der Waals surface area contributed by atoms with E-state index < -0.39 is 0 Å². The normalized spacial score (nSPS) is 15.6. The van der Waals surface area contributed by atoms with E-state index in [0.717, 1.165) is 6.71 Å². The molecule has 0 radical (unpaired) electrons. The lowest BCUT2D eigenvalue weighted by Crippen LogP contribution is -2.35. The van der Waals surface area contributed by atoms with Crippen LogP contribution in [0.25, 0.3) is 0 Å². The van der Waals surface area contributed by atoms with Crippen molar-refractivity contribution in [2.24, 2.45) is 0 Å². The zero-order chi connectivity index (χ0) is 9.10. The molecule has 0 spiro atoms. The summed E-state index contributed by atoms with van der Waals surface area (Å²) in [5.74, 6) is 0. The monoisotopic (exact) mass is 172 g/mol. The van der Waals surface area contributed by atoms with Gasteiger partial charge in [0.2, 0.25) is 0 Å². The van der Waals surface area contributed by atoms with Crippen molar-refractivity contribution in [1.82, 2.24) is 0 Å². The molecule has 1 aliphatic rings. The van der Waals surface area contributed by atoms with Crippen LogP contribution in [0.15, 0.2) is 24.3 Å². The minimum absolute atomic E-state index is 0.856. The van der Waals surface area contributed by atoms with Crippen LogP contribution in [0.4, 0.5) is 0 Å². The average molecular weight is 172 g/mol. The van der Waals surface area contributed by atoms with Gasteiger partial charge in [-0.25, -0.2) is 0 Å². The summed E-state index contributed by atoms with van der Waals surface area (Å²) in [7, 11) is 0. The van der Waals surface area contributed by atoms with Gasteiger partial charge in [-0.2, -0.15) is 0 Å². The van der Waals surface area contributed by atoms with Crippen molar-refractivity contribution in [3.63, 3.8) is 0 Å². The maximum atomic E-state index is 2.33. The Kier molecular flexibility index (Phi) is 2.72. The molecule has 0 N–H and O–H groups in total. The van der Waals surface area contributed by atoms with Gasteiger partial charge in [0.25, 0.3) is 0 Å². The highest BCUT2D eigenvalue weighted by molar-refractivity contribution is 6.73. The fourth-order valence-corrected chi connectivity index (χ4v) is 2.50. The molecule has 68 valence electrons. The summed E-state index contributed by atoms with van der Waals surface area (Å²) in [5, 5.41) is 0. The van der Waals surface area contributed by atoms with Crippen LogP contribution in [0.1, 0.15) is 25.3 Å². The quantitative estimate of drug-likeness (QED) is 0.601. The molecule has 13 heavy (non-hydrogen) atoms. The number of aryl methyl sites for hydroxylation is 1. The lowest BCUT2D eigenvalue weighted by Gasteiger charge is -2.22. The van der Waals surface area contributed by atoms with Gasteiger partial charge in [-0.05, 0) is 6.42 Å². The van der Waals surface area contributed by atoms with Gasteiger partial charge in [0, 0.05) is 0 Å². The molecule has 1 aliphatic heterocycles. The van der Waals surface area contributed by atoms with Crippen LogP contribution in [0, 0.1) is 0 Å². The van der Waals surface area contributed by atoms with Crippen LogP contribution in [0.2, 0.25) is 12.6 Å². The first-order chi connectivity index (χ1) is 6.42. The first-order valence-corrected chi connectivity index (χ1v) is 5.49. The van der Waals surface area contributed by atoms with E-state index in [-0.39, 0.29) is 0 Å². The zero-order valence-electron chi connectivity index (χ0n) is 8.42. The minimum atomic E-state index is 0.856. The Balaban J connectivity index is 2.26. The van der Waals surface area contributed by atoms with Gasteiger partial charge in [0.15, 0.2) is 6.71 Å². The Morgan fingerprint density at radius 2 is 2.15 bits per heavy atom. The molecule has 0 saturated heterocycles. The summed E-state index contributed by atoms with van der Waals surface area (Å²) >= 11 is 0. The van der Waals surface area contributed by atoms with Gasteiger partial charge in [-0.15, -0.1) is 0 Å². The molecule has 0 bridgehead atoms. The van der Waals surface area contributed by atoms with Crippen LogP contribution in [-0.4, -0.2) is 6.71 Å². The fourth-order valence-electron chi connectivity index (χ4n) is 2.50. The van der Waals surface area contributed by atoms with Gasteiger partial charge in [0.1, 0.15) is 0 Å². The van der Waals surface area contributed by atoms with Crippen molar-refractivity contribution in [2.75, 3.05) is 0 Å². The highest BCUT2D eigenvalue weighted by Crippen LogP contribution is 2.17. The Labute approximate surface area is 81.4 Å². The predicted molar refractivity (Wildman–Crippen MR) is 60.1 cm³/mol. The van der Waals surface area contributed by atoms with Crippen molar-refractivity contribution >= 4 is 12.2 Å². The molecule has 0 saturated carbocycles. The second-order valence-electron chi connectivity index (χ2n) is 4.08. The SMILES string of the molecule is CCCB1CCCc2ccccc21. The third-order valence-electron chi connectivity index (χ3n) is 3.13. The fraction of sp³-hybridized carbons (Fsp3) is 0.500. The molecular weight excluding hydrogens is 155 g/mol. The molecular formula is C12H17B. The minimum Gasteiger partial charge on any atom is -0.0769 e. The topological polar surface area (TPSA) is 0 Å². The highest BCUT2D eigenvalue weighted by Gasteiger charge is 2.21. The molecule has 0 amide bonds. The van der Waals surface area contributed by atoms with Crippen LogP contribution < -0.4 is 5.46 Å². The van der Waals surface area contributed by atoms with Gasteiger partial charge in [-0.3, -0.25) is 0 Å². The number of benzene rings is 1. The largest absolute Gasteiger partial charge is 0.176 e. The second kappa shape index (κ2) is 4.00. The van der Waals surface area contributed by atoms with E-state index in [9.17, 15) is 0 Å². The van der Waals surface area contributed by atoms with E-state index in [0.29, 0.717) is 0 Å². The number of rotatable bonds is 2. The van der Waals surface area contributed by atoms with E-state index in [1.54, 1.807) is 11.0 Å². The molecule has 2 rings (SSSR count). The van der Waals surface area contributed by atoms with E-state index >= 15 is 0 Å². The van der Waals surface area contributed by atoms with Gasteiger partial charge < -0.3 is 0 Å². The third-order valence-corrected chi connectivity index (χ3v) is 3.13. The van der Waals surface area contributed by atoms with Crippen LogP contribution in [-0.2, 0) is 6.42 Å². The molecule has 1 aromatic rings. The van der Waals surface area contributed by atoms with E-state index in [1.807, 2.05) is 0 Å².